The number of rotatable bonds is 51. The van der Waals surface area contributed by atoms with E-state index in [1.807, 2.05) is 0 Å². The van der Waals surface area contributed by atoms with Gasteiger partial charge in [-0.1, -0.05) is 218 Å². The molecule has 0 spiro atoms. The van der Waals surface area contributed by atoms with Gasteiger partial charge in [-0.05, 0) is 77.0 Å². The van der Waals surface area contributed by atoms with Crippen molar-refractivity contribution in [2.45, 2.75) is 314 Å². The fourth-order valence-corrected chi connectivity index (χ4v) is 9.04. The molecule has 73 heavy (non-hydrogen) atoms. The highest BCUT2D eigenvalue weighted by molar-refractivity contribution is 5.74. The van der Waals surface area contributed by atoms with E-state index in [9.17, 15) is 34.5 Å². The van der Waals surface area contributed by atoms with Crippen molar-refractivity contribution in [3.63, 3.8) is 0 Å². The first-order valence-corrected chi connectivity index (χ1v) is 30.0. The molecule has 1 aliphatic rings. The summed E-state index contributed by atoms with van der Waals surface area (Å²) in [4.78, 5) is 51.1. The molecule has 0 radical (unpaired) electrons. The number of ether oxygens (including phenoxy) is 5. The molecule has 0 aromatic heterocycles. The van der Waals surface area contributed by atoms with Crippen LogP contribution in [-0.4, -0.2) is 89.2 Å². The molecule has 12 nitrogen and oxygen atoms in total. The molecule has 1 aliphatic heterocycles. The Morgan fingerprint density at radius 3 is 1.29 bits per heavy atom. The van der Waals surface area contributed by atoms with Crippen molar-refractivity contribution in [1.82, 2.24) is 0 Å². The number of carboxylic acid groups (broad SMARTS) is 1. The Labute approximate surface area is 444 Å². The van der Waals surface area contributed by atoms with Crippen molar-refractivity contribution in [3.05, 3.63) is 36.5 Å². The predicted octanol–water partition coefficient (Wildman–Crippen LogP) is 15.2. The van der Waals surface area contributed by atoms with E-state index in [0.717, 1.165) is 103 Å². The van der Waals surface area contributed by atoms with Crippen molar-refractivity contribution in [2.75, 3.05) is 13.2 Å². The minimum atomic E-state index is -1.90. The molecule has 0 aliphatic carbocycles. The van der Waals surface area contributed by atoms with Crippen LogP contribution in [0.3, 0.4) is 0 Å². The van der Waals surface area contributed by atoms with Crippen LogP contribution in [0.5, 0.6) is 0 Å². The number of unbranched alkanes of at least 4 members (excludes halogenated alkanes) is 31. The van der Waals surface area contributed by atoms with Crippen molar-refractivity contribution < 1.29 is 58.2 Å². The summed E-state index contributed by atoms with van der Waals surface area (Å²) in [5, 5.41) is 31.5. The van der Waals surface area contributed by atoms with Gasteiger partial charge in [-0.3, -0.25) is 14.4 Å². The molecule has 1 rings (SSSR count). The van der Waals surface area contributed by atoms with Crippen LogP contribution in [0, 0.1) is 0 Å². The van der Waals surface area contributed by atoms with Crippen molar-refractivity contribution >= 4 is 23.9 Å². The molecule has 0 saturated carbocycles. The molecule has 0 aromatic rings. The van der Waals surface area contributed by atoms with E-state index in [1.54, 1.807) is 0 Å². The van der Waals surface area contributed by atoms with Gasteiger partial charge in [-0.15, -0.1) is 0 Å². The fraction of sp³-hybridized carbons (Fsp3) is 0.836. The average Bonchev–Trinajstić information content (AvgIpc) is 3.37. The van der Waals surface area contributed by atoms with E-state index < -0.39 is 67.3 Å². The highest BCUT2D eigenvalue weighted by Gasteiger charge is 2.50. The molecular formula is C61H108O12. The van der Waals surface area contributed by atoms with E-state index >= 15 is 0 Å². The summed E-state index contributed by atoms with van der Waals surface area (Å²) >= 11 is 0. The van der Waals surface area contributed by atoms with Gasteiger partial charge < -0.3 is 39.0 Å². The third-order valence-electron chi connectivity index (χ3n) is 13.7. The molecule has 424 valence electrons. The first kappa shape index (κ1) is 68.0. The van der Waals surface area contributed by atoms with Gasteiger partial charge in [0.05, 0.1) is 6.61 Å². The van der Waals surface area contributed by atoms with Crippen LogP contribution >= 0.6 is 0 Å². The number of carbonyl (C=O) groups excluding carboxylic acids is 3. The number of carboxylic acids is 1. The van der Waals surface area contributed by atoms with Crippen LogP contribution in [-0.2, 0) is 42.9 Å². The lowest BCUT2D eigenvalue weighted by Crippen LogP contribution is -2.61. The normalized spacial score (nSPS) is 18.5. The molecule has 6 atom stereocenters. The Hall–Kier alpha value is -3.06. The average molecular weight is 1030 g/mol. The summed E-state index contributed by atoms with van der Waals surface area (Å²) in [5.74, 6) is -3.12. The lowest BCUT2D eigenvalue weighted by molar-refractivity contribution is -0.301. The van der Waals surface area contributed by atoms with E-state index in [1.165, 1.54) is 116 Å². The molecular weight excluding hydrogens is 925 g/mol. The minimum Gasteiger partial charge on any atom is -0.479 e. The fourth-order valence-electron chi connectivity index (χ4n) is 9.04. The third-order valence-corrected chi connectivity index (χ3v) is 13.7. The summed E-state index contributed by atoms with van der Waals surface area (Å²) < 4.78 is 28.4. The second kappa shape index (κ2) is 49.8. The number of aliphatic carboxylic acids is 1. The highest BCUT2D eigenvalue weighted by Crippen LogP contribution is 2.26. The summed E-state index contributed by atoms with van der Waals surface area (Å²) in [5.41, 5.74) is 0. The van der Waals surface area contributed by atoms with Gasteiger partial charge in [0.25, 0.3) is 0 Å². The SMILES string of the molecule is CCCCC/C=C\C/C=C\CCCCCCCC(=O)OCC(COC1OC(C(=O)O)C(O)C(O)C1OC(=O)CCCCCCC/C=C\CCCCCC)OC(=O)CCCCCCCCCCCCCCCCC. The maximum atomic E-state index is 13.1. The number of aliphatic hydroxyl groups is 2. The second-order valence-corrected chi connectivity index (χ2v) is 20.6. The van der Waals surface area contributed by atoms with Gasteiger partial charge in [0.15, 0.2) is 24.6 Å². The third kappa shape index (κ3) is 39.9. The van der Waals surface area contributed by atoms with Crippen molar-refractivity contribution in [2.24, 2.45) is 0 Å². The monoisotopic (exact) mass is 1030 g/mol. The zero-order chi connectivity index (χ0) is 53.3. The first-order chi connectivity index (χ1) is 35.6. The number of aliphatic hydroxyl groups excluding tert-OH is 2. The van der Waals surface area contributed by atoms with Crippen LogP contribution in [0.25, 0.3) is 0 Å². The van der Waals surface area contributed by atoms with E-state index in [4.69, 9.17) is 23.7 Å². The van der Waals surface area contributed by atoms with E-state index in [0.29, 0.717) is 19.3 Å². The zero-order valence-electron chi connectivity index (χ0n) is 46.6. The predicted molar refractivity (Wildman–Crippen MR) is 294 cm³/mol. The largest absolute Gasteiger partial charge is 0.479 e. The van der Waals surface area contributed by atoms with Crippen molar-refractivity contribution in [3.8, 4) is 0 Å². The summed E-state index contributed by atoms with van der Waals surface area (Å²) in [6.07, 6.45) is 45.4. The number of carbonyl (C=O) groups is 4. The Kier molecular flexibility index (Phi) is 46.4. The number of hydrogen-bond donors (Lipinski definition) is 3. The first-order valence-electron chi connectivity index (χ1n) is 30.0. The lowest BCUT2D eigenvalue weighted by Gasteiger charge is -2.40. The Morgan fingerprint density at radius 2 is 0.822 bits per heavy atom. The molecule has 1 fully saturated rings. The van der Waals surface area contributed by atoms with Crippen LogP contribution in [0.15, 0.2) is 36.5 Å². The van der Waals surface area contributed by atoms with E-state index in [2.05, 4.69) is 57.2 Å². The van der Waals surface area contributed by atoms with Gasteiger partial charge in [-0.2, -0.15) is 0 Å². The Bertz CT molecular complexity index is 1410. The summed E-state index contributed by atoms with van der Waals surface area (Å²) in [6.45, 7) is 5.95. The van der Waals surface area contributed by atoms with Crippen LogP contribution in [0.2, 0.25) is 0 Å². The summed E-state index contributed by atoms with van der Waals surface area (Å²) in [7, 11) is 0. The van der Waals surface area contributed by atoms with Gasteiger partial charge >= 0.3 is 23.9 Å². The highest BCUT2D eigenvalue weighted by atomic mass is 16.7. The maximum Gasteiger partial charge on any atom is 0.335 e. The molecule has 1 saturated heterocycles. The van der Waals surface area contributed by atoms with E-state index in [-0.39, 0.29) is 25.9 Å². The summed E-state index contributed by atoms with van der Waals surface area (Å²) in [6, 6.07) is 0. The molecule has 1 heterocycles. The van der Waals surface area contributed by atoms with Crippen LogP contribution < -0.4 is 0 Å². The molecule has 0 aromatic carbocycles. The number of allylic oxidation sites excluding steroid dienone is 6. The minimum absolute atomic E-state index is 0.0518. The molecule has 0 bridgehead atoms. The molecule has 0 amide bonds. The topological polar surface area (TPSA) is 175 Å². The number of esters is 3. The zero-order valence-corrected chi connectivity index (χ0v) is 46.6. The molecule has 12 heteroatoms. The van der Waals surface area contributed by atoms with Crippen molar-refractivity contribution in [1.29, 1.82) is 0 Å². The molecule has 6 unspecified atom stereocenters. The van der Waals surface area contributed by atoms with Gasteiger partial charge in [0.1, 0.15) is 18.8 Å². The van der Waals surface area contributed by atoms with Crippen LogP contribution in [0.1, 0.15) is 278 Å². The maximum absolute atomic E-state index is 13.1. The Morgan fingerprint density at radius 1 is 0.452 bits per heavy atom. The Balaban J connectivity index is 2.70. The molecule has 3 N–H and O–H groups in total. The number of hydrogen-bond acceptors (Lipinski definition) is 11. The van der Waals surface area contributed by atoms with Crippen LogP contribution in [0.4, 0.5) is 0 Å². The van der Waals surface area contributed by atoms with Gasteiger partial charge in [0, 0.05) is 19.3 Å². The van der Waals surface area contributed by atoms with Gasteiger partial charge in [0.2, 0.25) is 0 Å². The second-order valence-electron chi connectivity index (χ2n) is 20.6. The van der Waals surface area contributed by atoms with Gasteiger partial charge in [-0.25, -0.2) is 4.79 Å². The lowest BCUT2D eigenvalue weighted by atomic mass is 9.98. The standard InChI is InChI=1S/C61H108O12/c1-4-7-10-13-16-19-22-25-27-30-32-35-38-41-44-47-53(62)69-50-52(71-54(63)48-45-42-39-36-34-31-28-26-23-20-17-14-11-8-5-2)51-70-61-59(57(66)56(65)58(73-61)60(67)68)72-55(64)49-46-43-40-37-33-29-24-21-18-15-12-9-6-3/h16,19,21,24-25,27,52,56-59,61,65-66H,4-15,17-18,20,22-23,26,28-51H2,1-3H3,(H,67,68)/b19-16-,24-21-,27-25-. The quantitative estimate of drug-likeness (QED) is 0.0228. The smallest absolute Gasteiger partial charge is 0.335 e.